The number of nitrogens with one attached hydrogen (secondary N) is 1. The van der Waals surface area contributed by atoms with Gasteiger partial charge in [-0.1, -0.05) is 11.3 Å². The molecule has 6 heteroatoms. The summed E-state index contributed by atoms with van der Waals surface area (Å²) >= 11 is 4.65. The van der Waals surface area contributed by atoms with Crippen molar-refractivity contribution < 1.29 is 4.79 Å². The van der Waals surface area contributed by atoms with E-state index in [0.717, 1.165) is 9.48 Å². The Morgan fingerprint density at radius 1 is 1.38 bits per heavy atom. The van der Waals surface area contributed by atoms with Crippen LogP contribution in [0.5, 0.6) is 0 Å². The minimum Gasteiger partial charge on any atom is -0.298 e. The summed E-state index contributed by atoms with van der Waals surface area (Å²) in [6.45, 7) is 1.87. The summed E-state index contributed by atoms with van der Waals surface area (Å²) in [5.41, 5.74) is 1.41. The quantitative estimate of drug-likeness (QED) is 0.927. The van der Waals surface area contributed by atoms with Gasteiger partial charge in [0.1, 0.15) is 0 Å². The monoisotopic (exact) mass is 297 g/mol. The normalized spacial score (nSPS) is 10.1. The number of nitrogens with zero attached hydrogens (tertiary/aromatic N) is 2. The molecule has 0 saturated heterocycles. The minimum atomic E-state index is -0.200. The number of pyridine rings is 1. The highest BCUT2D eigenvalue weighted by atomic mass is 79.9. The summed E-state index contributed by atoms with van der Waals surface area (Å²) in [6.07, 6.45) is 3.20. The summed E-state index contributed by atoms with van der Waals surface area (Å²) in [4.78, 5) is 19.8. The predicted molar refractivity (Wildman–Crippen MR) is 66.7 cm³/mol. The van der Waals surface area contributed by atoms with Gasteiger partial charge in [0.25, 0.3) is 5.91 Å². The maximum absolute atomic E-state index is 11.7. The van der Waals surface area contributed by atoms with Crippen LogP contribution in [0.4, 0.5) is 5.13 Å². The molecule has 0 unspecified atom stereocenters. The van der Waals surface area contributed by atoms with Crippen LogP contribution in [0.2, 0.25) is 0 Å². The second kappa shape index (κ2) is 4.71. The highest BCUT2D eigenvalue weighted by Gasteiger charge is 2.08. The van der Waals surface area contributed by atoms with E-state index in [1.54, 1.807) is 24.5 Å². The van der Waals surface area contributed by atoms with E-state index in [9.17, 15) is 4.79 Å². The van der Waals surface area contributed by atoms with Gasteiger partial charge in [-0.3, -0.25) is 15.1 Å². The molecule has 2 aromatic heterocycles. The molecule has 2 rings (SSSR count). The molecule has 0 radical (unpaired) electrons. The first-order valence-electron chi connectivity index (χ1n) is 4.50. The maximum Gasteiger partial charge on any atom is 0.259 e. The zero-order chi connectivity index (χ0) is 11.5. The van der Waals surface area contributed by atoms with Gasteiger partial charge in [0.05, 0.1) is 15.5 Å². The van der Waals surface area contributed by atoms with Crippen LogP contribution in [0.15, 0.2) is 28.3 Å². The molecule has 4 nitrogen and oxygen atoms in total. The molecule has 82 valence electrons. The molecular formula is C10H8BrN3OS. The molecule has 16 heavy (non-hydrogen) atoms. The van der Waals surface area contributed by atoms with Crippen LogP contribution in [0, 0.1) is 6.92 Å². The second-order valence-electron chi connectivity index (χ2n) is 3.11. The summed E-state index contributed by atoms with van der Waals surface area (Å²) in [5, 5.41) is 3.26. The average Bonchev–Trinajstić information content (AvgIpc) is 2.65. The van der Waals surface area contributed by atoms with Crippen LogP contribution in [-0.4, -0.2) is 15.9 Å². The number of hydrogen-bond acceptors (Lipinski definition) is 4. The van der Waals surface area contributed by atoms with Crippen molar-refractivity contribution in [3.8, 4) is 0 Å². The average molecular weight is 298 g/mol. The van der Waals surface area contributed by atoms with E-state index < -0.39 is 0 Å². The van der Waals surface area contributed by atoms with Gasteiger partial charge in [-0.25, -0.2) is 4.98 Å². The number of rotatable bonds is 2. The Morgan fingerprint density at radius 2 is 2.19 bits per heavy atom. The van der Waals surface area contributed by atoms with Crippen LogP contribution in [0.3, 0.4) is 0 Å². The molecule has 0 fully saturated rings. The standard InChI is InChI=1S/C10H8BrN3OS/c1-6-2-3-7(4-12-6)9(15)14-10-13-5-8(11)16-10/h2-5H,1H3,(H,13,14,15). The number of thiazole rings is 1. The van der Waals surface area contributed by atoms with E-state index in [1.807, 2.05) is 6.92 Å². The minimum absolute atomic E-state index is 0.200. The fourth-order valence-corrected chi connectivity index (χ4v) is 2.19. The van der Waals surface area contributed by atoms with Crippen molar-refractivity contribution in [3.05, 3.63) is 39.6 Å². The lowest BCUT2D eigenvalue weighted by Gasteiger charge is -2.00. The Hall–Kier alpha value is -1.27. The lowest BCUT2D eigenvalue weighted by atomic mass is 10.2. The van der Waals surface area contributed by atoms with Gasteiger partial charge in [0.2, 0.25) is 0 Å². The number of hydrogen-bond donors (Lipinski definition) is 1. The molecule has 0 aliphatic carbocycles. The zero-order valence-corrected chi connectivity index (χ0v) is 10.8. The Bertz CT molecular complexity index is 509. The van der Waals surface area contributed by atoms with Crippen molar-refractivity contribution in [2.75, 3.05) is 5.32 Å². The van der Waals surface area contributed by atoms with Gasteiger partial charge < -0.3 is 0 Å². The number of halogens is 1. The van der Waals surface area contributed by atoms with E-state index >= 15 is 0 Å². The van der Waals surface area contributed by atoms with Gasteiger partial charge >= 0.3 is 0 Å². The number of anilines is 1. The Balaban J connectivity index is 2.11. The van der Waals surface area contributed by atoms with Gasteiger partial charge in [0, 0.05) is 11.9 Å². The molecule has 0 aliphatic rings. The molecule has 0 aromatic carbocycles. The first-order valence-corrected chi connectivity index (χ1v) is 6.11. The Morgan fingerprint density at radius 3 is 2.75 bits per heavy atom. The highest BCUT2D eigenvalue weighted by molar-refractivity contribution is 9.11. The number of aromatic nitrogens is 2. The third-order valence-electron chi connectivity index (χ3n) is 1.87. The van der Waals surface area contributed by atoms with Crippen LogP contribution < -0.4 is 5.32 Å². The molecule has 2 aromatic rings. The first-order chi connectivity index (χ1) is 7.65. The number of carbonyl (C=O) groups excluding carboxylic acids is 1. The smallest absolute Gasteiger partial charge is 0.259 e. The van der Waals surface area contributed by atoms with Crippen molar-refractivity contribution in [3.63, 3.8) is 0 Å². The van der Waals surface area contributed by atoms with Crippen LogP contribution >= 0.6 is 27.3 Å². The van der Waals surface area contributed by atoms with Gasteiger partial charge in [0.15, 0.2) is 5.13 Å². The van der Waals surface area contributed by atoms with Gasteiger partial charge in [-0.2, -0.15) is 0 Å². The Labute approximate surface area is 105 Å². The first kappa shape index (κ1) is 11.2. The third-order valence-corrected chi connectivity index (χ3v) is 3.26. The fourth-order valence-electron chi connectivity index (χ4n) is 1.08. The molecule has 1 N–H and O–H groups in total. The van der Waals surface area contributed by atoms with E-state index in [-0.39, 0.29) is 5.91 Å². The van der Waals surface area contributed by atoms with E-state index in [2.05, 4.69) is 31.2 Å². The molecule has 0 spiro atoms. The van der Waals surface area contributed by atoms with E-state index in [1.165, 1.54) is 11.3 Å². The van der Waals surface area contributed by atoms with Crippen LogP contribution in [0.25, 0.3) is 0 Å². The van der Waals surface area contributed by atoms with Crippen molar-refractivity contribution in [1.82, 2.24) is 9.97 Å². The molecule has 0 atom stereocenters. The lowest BCUT2D eigenvalue weighted by molar-refractivity contribution is 0.102. The van der Waals surface area contributed by atoms with Crippen molar-refractivity contribution in [2.24, 2.45) is 0 Å². The zero-order valence-electron chi connectivity index (χ0n) is 8.40. The van der Waals surface area contributed by atoms with Crippen molar-refractivity contribution in [2.45, 2.75) is 6.92 Å². The number of carbonyl (C=O) groups is 1. The highest BCUT2D eigenvalue weighted by Crippen LogP contribution is 2.23. The second-order valence-corrected chi connectivity index (χ2v) is 5.52. The lowest BCUT2D eigenvalue weighted by Crippen LogP contribution is -2.11. The molecule has 1 amide bonds. The molecular weight excluding hydrogens is 290 g/mol. The topological polar surface area (TPSA) is 54.9 Å². The summed E-state index contributed by atoms with van der Waals surface area (Å²) in [6, 6.07) is 3.53. The van der Waals surface area contributed by atoms with Gasteiger partial charge in [-0.15, -0.1) is 0 Å². The van der Waals surface area contributed by atoms with E-state index in [0.29, 0.717) is 10.7 Å². The molecule has 2 heterocycles. The van der Waals surface area contributed by atoms with Crippen molar-refractivity contribution >= 4 is 38.3 Å². The maximum atomic E-state index is 11.7. The number of aryl methyl sites for hydroxylation is 1. The summed E-state index contributed by atoms with van der Waals surface area (Å²) in [7, 11) is 0. The summed E-state index contributed by atoms with van der Waals surface area (Å²) < 4.78 is 0.879. The van der Waals surface area contributed by atoms with E-state index in [4.69, 9.17) is 0 Å². The number of amides is 1. The predicted octanol–water partition coefficient (Wildman–Crippen LogP) is 2.86. The van der Waals surface area contributed by atoms with Crippen LogP contribution in [0.1, 0.15) is 16.1 Å². The van der Waals surface area contributed by atoms with Crippen molar-refractivity contribution in [1.29, 1.82) is 0 Å². The molecule has 0 bridgehead atoms. The molecule has 0 saturated carbocycles. The molecule has 0 aliphatic heterocycles. The van der Waals surface area contributed by atoms with Crippen LogP contribution in [-0.2, 0) is 0 Å². The third kappa shape index (κ3) is 2.65. The SMILES string of the molecule is Cc1ccc(C(=O)Nc2ncc(Br)s2)cn1. The fraction of sp³-hybridized carbons (Fsp3) is 0.100. The largest absolute Gasteiger partial charge is 0.298 e. The van der Waals surface area contributed by atoms with Gasteiger partial charge in [-0.05, 0) is 35.0 Å². The Kier molecular flexibility index (Phi) is 3.31. The summed E-state index contributed by atoms with van der Waals surface area (Å²) in [5.74, 6) is -0.200.